The lowest BCUT2D eigenvalue weighted by molar-refractivity contribution is 0.0587. The maximum Gasteiger partial charge on any atom is 0.269 e. The van der Waals surface area contributed by atoms with Crippen LogP contribution in [0.4, 0.5) is 0 Å². The topological polar surface area (TPSA) is 95.2 Å². The lowest BCUT2D eigenvalue weighted by atomic mass is 10.2. The Morgan fingerprint density at radius 1 is 1.63 bits per heavy atom. The molecular formula is C13H17N3O3. The third-order valence-electron chi connectivity index (χ3n) is 2.56. The summed E-state index contributed by atoms with van der Waals surface area (Å²) in [4.78, 5) is 15.8. The summed E-state index contributed by atoms with van der Waals surface area (Å²) in [5.41, 5.74) is 1.24. The highest BCUT2D eigenvalue weighted by atomic mass is 16.5. The van der Waals surface area contributed by atoms with Crippen molar-refractivity contribution in [3.05, 3.63) is 29.1 Å². The van der Waals surface area contributed by atoms with Gasteiger partial charge < -0.3 is 15.2 Å². The zero-order chi connectivity index (χ0) is 14.3. The fraction of sp³-hybridized carbons (Fsp3) is 0.462. The van der Waals surface area contributed by atoms with Crippen LogP contribution in [0.5, 0.6) is 0 Å². The van der Waals surface area contributed by atoms with Gasteiger partial charge in [-0.25, -0.2) is 4.98 Å². The van der Waals surface area contributed by atoms with Crippen LogP contribution in [-0.2, 0) is 4.74 Å². The zero-order valence-corrected chi connectivity index (χ0v) is 11.0. The quantitative estimate of drug-likeness (QED) is 0.774. The van der Waals surface area contributed by atoms with Crippen molar-refractivity contribution in [3.63, 3.8) is 0 Å². The van der Waals surface area contributed by atoms with Crippen LogP contribution in [0.3, 0.4) is 0 Å². The van der Waals surface area contributed by atoms with Gasteiger partial charge in [0.15, 0.2) is 0 Å². The van der Waals surface area contributed by atoms with E-state index in [-0.39, 0.29) is 18.2 Å². The minimum Gasteiger partial charge on any atom is -0.391 e. The van der Waals surface area contributed by atoms with E-state index in [1.165, 1.54) is 13.2 Å². The van der Waals surface area contributed by atoms with Gasteiger partial charge in [0.25, 0.3) is 5.91 Å². The summed E-state index contributed by atoms with van der Waals surface area (Å²) in [6.45, 7) is 2.26. The van der Waals surface area contributed by atoms with E-state index >= 15 is 0 Å². The Bertz CT molecular complexity index is 483. The van der Waals surface area contributed by atoms with Crippen molar-refractivity contribution in [2.45, 2.75) is 19.4 Å². The molecule has 102 valence electrons. The third kappa shape index (κ3) is 4.66. The fourth-order valence-corrected chi connectivity index (χ4v) is 1.52. The molecule has 1 unspecified atom stereocenters. The molecule has 1 aromatic heterocycles. The van der Waals surface area contributed by atoms with Gasteiger partial charge in [-0.15, -0.1) is 0 Å². The van der Waals surface area contributed by atoms with Gasteiger partial charge in [-0.3, -0.25) is 4.79 Å². The van der Waals surface area contributed by atoms with E-state index in [2.05, 4.69) is 10.3 Å². The number of pyridine rings is 1. The summed E-state index contributed by atoms with van der Waals surface area (Å²) in [5.74, 6) is -0.322. The molecule has 0 radical (unpaired) electrons. The van der Waals surface area contributed by atoms with Crippen LogP contribution in [0, 0.1) is 18.3 Å². The Morgan fingerprint density at radius 3 is 2.95 bits per heavy atom. The van der Waals surface area contributed by atoms with Crippen LogP contribution in [0.15, 0.2) is 12.1 Å². The lowest BCUT2D eigenvalue weighted by Crippen LogP contribution is -2.29. The largest absolute Gasteiger partial charge is 0.391 e. The Labute approximate surface area is 112 Å². The Hall–Kier alpha value is -1.97. The first kappa shape index (κ1) is 15.1. The summed E-state index contributed by atoms with van der Waals surface area (Å²) < 4.78 is 4.78. The van der Waals surface area contributed by atoms with Crippen molar-refractivity contribution in [2.75, 3.05) is 20.3 Å². The summed E-state index contributed by atoms with van der Waals surface area (Å²) in [6.07, 6.45) is -0.185. The Kier molecular flexibility index (Phi) is 5.93. The van der Waals surface area contributed by atoms with Gasteiger partial charge in [0, 0.05) is 13.7 Å². The number of carbonyl (C=O) groups is 1. The van der Waals surface area contributed by atoms with E-state index in [0.29, 0.717) is 24.2 Å². The van der Waals surface area contributed by atoms with Crippen LogP contribution >= 0.6 is 0 Å². The highest BCUT2D eigenvalue weighted by molar-refractivity contribution is 5.92. The number of carbonyl (C=O) groups excluding carboxylic acids is 1. The molecule has 0 aliphatic carbocycles. The molecule has 0 aliphatic heterocycles. The van der Waals surface area contributed by atoms with Crippen LogP contribution in [0.2, 0.25) is 0 Å². The number of aliphatic hydroxyl groups is 1. The first-order valence-corrected chi connectivity index (χ1v) is 5.91. The number of nitriles is 1. The number of hydrogen-bond acceptors (Lipinski definition) is 5. The first-order chi connectivity index (χ1) is 9.08. The van der Waals surface area contributed by atoms with E-state index < -0.39 is 6.10 Å². The van der Waals surface area contributed by atoms with Gasteiger partial charge in [0.2, 0.25) is 0 Å². The molecule has 1 atom stereocenters. The van der Waals surface area contributed by atoms with E-state index in [1.807, 2.05) is 6.07 Å². The second kappa shape index (κ2) is 7.46. The zero-order valence-electron chi connectivity index (χ0n) is 11.0. The number of ether oxygens (including phenoxy) is 1. The molecule has 19 heavy (non-hydrogen) atoms. The Balaban J connectivity index is 2.50. The number of aromatic nitrogens is 1. The average Bonchev–Trinajstić information content (AvgIpc) is 2.38. The molecule has 2 N–H and O–H groups in total. The molecule has 0 aromatic carbocycles. The number of methoxy groups -OCH3 is 1. The van der Waals surface area contributed by atoms with Crippen molar-refractivity contribution in [2.24, 2.45) is 0 Å². The minimum absolute atomic E-state index is 0.240. The monoisotopic (exact) mass is 263 g/mol. The summed E-state index contributed by atoms with van der Waals surface area (Å²) in [6, 6.07) is 5.07. The lowest BCUT2D eigenvalue weighted by Gasteiger charge is -2.10. The summed E-state index contributed by atoms with van der Waals surface area (Å²) in [7, 11) is 1.51. The van der Waals surface area contributed by atoms with E-state index in [1.54, 1.807) is 13.0 Å². The molecule has 0 saturated carbocycles. The molecule has 0 aliphatic rings. The second-order valence-corrected chi connectivity index (χ2v) is 4.10. The number of rotatable bonds is 6. The maximum atomic E-state index is 11.8. The predicted octanol–water partition coefficient (Wildman–Crippen LogP) is 0.389. The van der Waals surface area contributed by atoms with Gasteiger partial charge in [-0.05, 0) is 25.5 Å². The molecule has 6 nitrogen and oxygen atoms in total. The fourth-order valence-electron chi connectivity index (χ4n) is 1.52. The van der Waals surface area contributed by atoms with E-state index in [4.69, 9.17) is 10.00 Å². The molecule has 1 rings (SSSR count). The number of amides is 1. The molecular weight excluding hydrogens is 246 g/mol. The van der Waals surface area contributed by atoms with E-state index in [9.17, 15) is 9.90 Å². The second-order valence-electron chi connectivity index (χ2n) is 4.10. The standard InChI is InChI=1S/C13H17N3O3/c1-9-10(7-14)3-4-12(16-9)13(18)15-6-5-11(17)8-19-2/h3-4,11,17H,5-6,8H2,1-2H3,(H,15,18). The van der Waals surface area contributed by atoms with Gasteiger partial charge in [-0.2, -0.15) is 5.26 Å². The SMILES string of the molecule is COCC(O)CCNC(=O)c1ccc(C#N)c(C)n1. The van der Waals surface area contributed by atoms with Crippen LogP contribution in [-0.4, -0.2) is 42.4 Å². The van der Waals surface area contributed by atoms with Crippen LogP contribution in [0.25, 0.3) is 0 Å². The Morgan fingerprint density at radius 2 is 2.37 bits per heavy atom. The smallest absolute Gasteiger partial charge is 0.269 e. The molecule has 0 fully saturated rings. The molecule has 0 saturated heterocycles. The molecule has 6 heteroatoms. The number of nitrogens with one attached hydrogen (secondary N) is 1. The van der Waals surface area contributed by atoms with Crippen molar-refractivity contribution in [1.82, 2.24) is 10.3 Å². The van der Waals surface area contributed by atoms with Gasteiger partial charge >= 0.3 is 0 Å². The van der Waals surface area contributed by atoms with Crippen molar-refractivity contribution >= 4 is 5.91 Å². The predicted molar refractivity (Wildman–Crippen MR) is 68.5 cm³/mol. The summed E-state index contributed by atoms with van der Waals surface area (Å²) >= 11 is 0. The van der Waals surface area contributed by atoms with Crippen molar-refractivity contribution < 1.29 is 14.6 Å². The number of hydrogen-bond donors (Lipinski definition) is 2. The molecule has 0 spiro atoms. The minimum atomic E-state index is -0.596. The number of aliphatic hydroxyl groups excluding tert-OH is 1. The summed E-state index contributed by atoms with van der Waals surface area (Å²) in [5, 5.41) is 20.8. The van der Waals surface area contributed by atoms with Crippen LogP contribution in [0.1, 0.15) is 28.2 Å². The normalized spacial score (nSPS) is 11.7. The van der Waals surface area contributed by atoms with Gasteiger partial charge in [0.05, 0.1) is 24.0 Å². The molecule has 1 heterocycles. The highest BCUT2D eigenvalue weighted by Gasteiger charge is 2.10. The van der Waals surface area contributed by atoms with E-state index in [0.717, 1.165) is 0 Å². The maximum absolute atomic E-state index is 11.8. The first-order valence-electron chi connectivity index (χ1n) is 5.91. The number of aryl methyl sites for hydroxylation is 1. The number of nitrogens with zero attached hydrogens (tertiary/aromatic N) is 2. The van der Waals surface area contributed by atoms with Crippen molar-refractivity contribution in [3.8, 4) is 6.07 Å². The molecule has 1 aromatic rings. The average molecular weight is 263 g/mol. The van der Waals surface area contributed by atoms with Gasteiger partial charge in [-0.1, -0.05) is 0 Å². The third-order valence-corrected chi connectivity index (χ3v) is 2.56. The van der Waals surface area contributed by atoms with Crippen LogP contribution < -0.4 is 5.32 Å². The van der Waals surface area contributed by atoms with Gasteiger partial charge in [0.1, 0.15) is 11.8 Å². The molecule has 0 bridgehead atoms. The van der Waals surface area contributed by atoms with Crippen molar-refractivity contribution in [1.29, 1.82) is 5.26 Å². The highest BCUT2D eigenvalue weighted by Crippen LogP contribution is 2.05. The molecule has 1 amide bonds.